The quantitative estimate of drug-likeness (QED) is 0.169. The maximum absolute atomic E-state index is 5.04. The molecule has 2 aromatic heterocycles. The number of aromatic nitrogens is 4. The summed E-state index contributed by atoms with van der Waals surface area (Å²) < 4.78 is 2.37. The molecule has 2 aliphatic rings. The average Bonchev–Trinajstić information content (AvgIpc) is 3.68. The van der Waals surface area contributed by atoms with Crippen LogP contribution in [0, 0.1) is 5.92 Å². The summed E-state index contributed by atoms with van der Waals surface area (Å²) in [6.07, 6.45) is 14.6. The van der Waals surface area contributed by atoms with E-state index in [2.05, 4.69) is 156 Å². The molecule has 286 valence electrons. The highest BCUT2D eigenvalue weighted by molar-refractivity contribution is 6.21. The SMILES string of the molecule is C1=CC2=C(c3ccc4ccc(-c5ccc6c(ccc7c6c6ccccc6n7-c6cccc(-c7nc(-c8ccccc8)nc(-c8ccccc8)n7)c6)c5)cc4c3)C=CCC2C=C1. The largest absolute Gasteiger partial charge is 0.309 e. The van der Waals surface area contributed by atoms with E-state index in [9.17, 15) is 0 Å². The fourth-order valence-corrected chi connectivity index (χ4v) is 9.34. The van der Waals surface area contributed by atoms with Crippen molar-refractivity contribution in [3.05, 3.63) is 224 Å². The lowest BCUT2D eigenvalue weighted by Crippen LogP contribution is -2.06. The summed E-state index contributed by atoms with van der Waals surface area (Å²) in [5.74, 6) is 2.39. The van der Waals surface area contributed by atoms with Crippen LogP contribution >= 0.6 is 0 Å². The molecule has 0 N–H and O–H groups in total. The average molecular weight is 779 g/mol. The summed E-state index contributed by atoms with van der Waals surface area (Å²) in [6.45, 7) is 0. The van der Waals surface area contributed by atoms with Gasteiger partial charge >= 0.3 is 0 Å². The van der Waals surface area contributed by atoms with Gasteiger partial charge in [0.15, 0.2) is 17.5 Å². The van der Waals surface area contributed by atoms with Crippen molar-refractivity contribution in [1.29, 1.82) is 0 Å². The molecule has 0 amide bonds. The summed E-state index contributed by atoms with van der Waals surface area (Å²) in [5, 5.41) is 7.40. The predicted molar refractivity (Wildman–Crippen MR) is 253 cm³/mol. The van der Waals surface area contributed by atoms with Gasteiger partial charge in [0.25, 0.3) is 0 Å². The summed E-state index contributed by atoms with van der Waals surface area (Å²) >= 11 is 0. The van der Waals surface area contributed by atoms with E-state index in [0.29, 0.717) is 23.4 Å². The third-order valence-corrected chi connectivity index (χ3v) is 12.3. The fourth-order valence-electron chi connectivity index (χ4n) is 9.34. The van der Waals surface area contributed by atoms with Gasteiger partial charge in [0.1, 0.15) is 0 Å². The second-order valence-corrected chi connectivity index (χ2v) is 16.0. The van der Waals surface area contributed by atoms with E-state index in [-0.39, 0.29) is 0 Å². The van der Waals surface area contributed by atoms with Crippen LogP contribution < -0.4 is 0 Å². The van der Waals surface area contributed by atoms with Crippen molar-refractivity contribution in [2.75, 3.05) is 0 Å². The molecule has 12 rings (SSSR count). The summed E-state index contributed by atoms with van der Waals surface area (Å²) in [5.41, 5.74) is 12.6. The number of hydrogen-bond acceptors (Lipinski definition) is 3. The smallest absolute Gasteiger partial charge is 0.164 e. The van der Waals surface area contributed by atoms with Gasteiger partial charge in [0.05, 0.1) is 11.0 Å². The Bertz CT molecular complexity index is 3440. The lowest BCUT2D eigenvalue weighted by Gasteiger charge is -2.23. The standard InChI is InChI=1S/C57H38N4/c1-3-14-39(15-4-1)55-58-56(40-16-5-2-6-17-40)60-57(59-55)45-19-11-20-47(36-45)61-52-24-10-9-22-51(52)54-50-31-29-42(33-44(50)30-32-53(54)61)41-27-25-37-26-28-43(35-46(37)34-41)49-23-12-18-38-13-7-8-21-48(38)49/h1-17,19-36,38H,18H2. The second-order valence-electron chi connectivity index (χ2n) is 16.0. The number of fused-ring (bicyclic) bond motifs is 7. The zero-order valence-corrected chi connectivity index (χ0v) is 33.3. The van der Waals surface area contributed by atoms with E-state index in [0.717, 1.165) is 39.8 Å². The maximum atomic E-state index is 5.04. The monoisotopic (exact) mass is 778 g/mol. The third kappa shape index (κ3) is 6.11. The predicted octanol–water partition coefficient (Wildman–Crippen LogP) is 14.4. The van der Waals surface area contributed by atoms with Crippen molar-refractivity contribution in [3.8, 4) is 51.0 Å². The van der Waals surface area contributed by atoms with Gasteiger partial charge in [0, 0.05) is 39.1 Å². The van der Waals surface area contributed by atoms with Crippen LogP contribution in [0.5, 0.6) is 0 Å². The molecule has 0 fully saturated rings. The first-order valence-electron chi connectivity index (χ1n) is 21.0. The molecule has 10 aromatic rings. The van der Waals surface area contributed by atoms with E-state index >= 15 is 0 Å². The molecule has 2 aliphatic carbocycles. The van der Waals surface area contributed by atoms with Crippen LogP contribution in [0.1, 0.15) is 12.0 Å². The molecule has 0 spiro atoms. The summed E-state index contributed by atoms with van der Waals surface area (Å²) in [7, 11) is 0. The number of benzene rings is 8. The number of hydrogen-bond donors (Lipinski definition) is 0. The minimum atomic E-state index is 0.458. The lowest BCUT2D eigenvalue weighted by molar-refractivity contribution is 0.784. The Kier molecular flexibility index (Phi) is 8.27. The van der Waals surface area contributed by atoms with E-state index in [1.54, 1.807) is 0 Å². The van der Waals surface area contributed by atoms with Crippen LogP contribution in [0.25, 0.3) is 99.9 Å². The highest BCUT2D eigenvalue weighted by Crippen LogP contribution is 2.40. The van der Waals surface area contributed by atoms with E-state index < -0.39 is 0 Å². The van der Waals surface area contributed by atoms with E-state index in [1.165, 1.54) is 60.2 Å². The maximum Gasteiger partial charge on any atom is 0.164 e. The Hall–Kier alpha value is -7.95. The van der Waals surface area contributed by atoms with Gasteiger partial charge in [0.2, 0.25) is 0 Å². The highest BCUT2D eigenvalue weighted by atomic mass is 15.0. The van der Waals surface area contributed by atoms with Gasteiger partial charge in [-0.25, -0.2) is 15.0 Å². The second kappa shape index (κ2) is 14.4. The van der Waals surface area contributed by atoms with Crippen LogP contribution in [0.15, 0.2) is 218 Å². The Morgan fingerprint density at radius 3 is 1.85 bits per heavy atom. The zero-order valence-electron chi connectivity index (χ0n) is 33.3. The van der Waals surface area contributed by atoms with Gasteiger partial charge in [-0.05, 0) is 98.3 Å². The Morgan fingerprint density at radius 1 is 0.426 bits per heavy atom. The molecule has 0 aliphatic heterocycles. The topological polar surface area (TPSA) is 43.6 Å². The van der Waals surface area contributed by atoms with Gasteiger partial charge in [-0.3, -0.25) is 0 Å². The first-order valence-corrected chi connectivity index (χ1v) is 21.0. The first kappa shape index (κ1) is 35.0. The van der Waals surface area contributed by atoms with Crippen molar-refractivity contribution in [2.24, 2.45) is 5.92 Å². The van der Waals surface area contributed by atoms with Crippen LogP contribution in [-0.2, 0) is 0 Å². The number of para-hydroxylation sites is 1. The molecule has 4 heteroatoms. The molecule has 61 heavy (non-hydrogen) atoms. The number of nitrogens with zero attached hydrogens (tertiary/aromatic N) is 4. The van der Waals surface area contributed by atoms with Crippen LogP contribution in [0.2, 0.25) is 0 Å². The molecule has 1 atom stereocenters. The van der Waals surface area contributed by atoms with Crippen molar-refractivity contribution in [3.63, 3.8) is 0 Å². The van der Waals surface area contributed by atoms with Crippen molar-refractivity contribution in [2.45, 2.75) is 6.42 Å². The highest BCUT2D eigenvalue weighted by Gasteiger charge is 2.20. The number of allylic oxidation sites excluding steroid dienone is 8. The van der Waals surface area contributed by atoms with Gasteiger partial charge < -0.3 is 4.57 Å². The van der Waals surface area contributed by atoms with Crippen LogP contribution in [0.3, 0.4) is 0 Å². The lowest BCUT2D eigenvalue weighted by atomic mass is 9.81. The van der Waals surface area contributed by atoms with E-state index in [1.807, 2.05) is 60.7 Å². The van der Waals surface area contributed by atoms with Crippen LogP contribution in [-0.4, -0.2) is 19.5 Å². The zero-order chi connectivity index (χ0) is 40.3. The van der Waals surface area contributed by atoms with Crippen molar-refractivity contribution >= 4 is 48.9 Å². The van der Waals surface area contributed by atoms with E-state index in [4.69, 9.17) is 15.0 Å². The van der Waals surface area contributed by atoms with Gasteiger partial charge in [-0.1, -0.05) is 170 Å². The Labute approximate surface area is 353 Å². The third-order valence-electron chi connectivity index (χ3n) is 12.3. The van der Waals surface area contributed by atoms with Crippen LogP contribution in [0.4, 0.5) is 0 Å². The molecule has 0 saturated heterocycles. The molecule has 2 heterocycles. The molecule has 0 saturated carbocycles. The van der Waals surface area contributed by atoms with Gasteiger partial charge in [-0.15, -0.1) is 0 Å². The molecule has 4 nitrogen and oxygen atoms in total. The molecular formula is C57H38N4. The fraction of sp³-hybridized carbons (Fsp3) is 0.0351. The molecule has 1 unspecified atom stereocenters. The minimum absolute atomic E-state index is 0.458. The molecule has 0 bridgehead atoms. The summed E-state index contributed by atoms with van der Waals surface area (Å²) in [4.78, 5) is 15.0. The van der Waals surface area contributed by atoms with Gasteiger partial charge in [-0.2, -0.15) is 0 Å². The van der Waals surface area contributed by atoms with Crippen molar-refractivity contribution in [1.82, 2.24) is 19.5 Å². The Morgan fingerprint density at radius 2 is 1.07 bits per heavy atom. The first-order chi connectivity index (χ1) is 30.2. The Balaban J connectivity index is 0.953. The minimum Gasteiger partial charge on any atom is -0.309 e. The van der Waals surface area contributed by atoms with Crippen molar-refractivity contribution < 1.29 is 0 Å². The summed E-state index contributed by atoms with van der Waals surface area (Å²) in [6, 6.07) is 62.8. The molecule has 8 aromatic carbocycles. The normalized spacial score (nSPS) is 14.7. The number of rotatable bonds is 6. The molecule has 0 radical (unpaired) electrons. The molecular weight excluding hydrogens is 741 g/mol.